The van der Waals surface area contributed by atoms with Crippen LogP contribution >= 0.6 is 12.4 Å². The highest BCUT2D eigenvalue weighted by molar-refractivity contribution is 5.85. The molecule has 1 aliphatic heterocycles. The van der Waals surface area contributed by atoms with Crippen molar-refractivity contribution in [2.75, 3.05) is 19.6 Å². The summed E-state index contributed by atoms with van der Waals surface area (Å²) in [6.07, 6.45) is 6.53. The average Bonchev–Trinajstić information content (AvgIpc) is 2.53. The number of carboxylic acids is 1. The molecule has 1 aliphatic rings. The largest absolute Gasteiger partial charge is 0.481 e. The number of hydrogen-bond donors (Lipinski definition) is 1. The second-order valence-electron chi connectivity index (χ2n) is 6.16. The van der Waals surface area contributed by atoms with E-state index in [2.05, 4.69) is 11.8 Å². The Hall–Kier alpha value is -1.06. The summed E-state index contributed by atoms with van der Waals surface area (Å²) >= 11 is 0. The molecule has 1 heterocycles. The van der Waals surface area contributed by atoms with Gasteiger partial charge in [0.2, 0.25) is 0 Å². The number of likely N-dealkylation sites (tertiary alicyclic amines) is 1. The number of carbonyl (C=O) groups is 1. The molecule has 1 aromatic rings. The molecule has 1 N–H and O–H groups in total. The zero-order valence-electron chi connectivity index (χ0n) is 13.5. The highest BCUT2D eigenvalue weighted by Gasteiger charge is 2.42. The average molecular weight is 326 g/mol. The first kappa shape index (κ1) is 19.0. The van der Waals surface area contributed by atoms with E-state index in [1.807, 2.05) is 30.3 Å². The van der Waals surface area contributed by atoms with Crippen LogP contribution in [0.4, 0.5) is 0 Å². The van der Waals surface area contributed by atoms with Crippen molar-refractivity contribution in [3.8, 4) is 0 Å². The van der Waals surface area contributed by atoms with Gasteiger partial charge in [-0.25, -0.2) is 0 Å². The minimum absolute atomic E-state index is 0. The van der Waals surface area contributed by atoms with Crippen LogP contribution in [0.25, 0.3) is 0 Å². The molecule has 0 bridgehead atoms. The van der Waals surface area contributed by atoms with Gasteiger partial charge in [-0.1, -0.05) is 56.5 Å². The van der Waals surface area contributed by atoms with Crippen LogP contribution < -0.4 is 0 Å². The Kier molecular flexibility index (Phi) is 7.91. The summed E-state index contributed by atoms with van der Waals surface area (Å²) in [7, 11) is 0. The number of nitrogens with zero attached hydrogens (tertiary/aromatic N) is 1. The molecule has 124 valence electrons. The molecule has 1 saturated heterocycles. The van der Waals surface area contributed by atoms with E-state index in [9.17, 15) is 9.90 Å². The van der Waals surface area contributed by atoms with Gasteiger partial charge in [-0.15, -0.1) is 12.4 Å². The summed E-state index contributed by atoms with van der Waals surface area (Å²) in [5.74, 6) is -0.667. The Morgan fingerprint density at radius 2 is 1.77 bits per heavy atom. The number of piperidine rings is 1. The quantitative estimate of drug-likeness (QED) is 0.767. The third-order valence-corrected chi connectivity index (χ3v) is 4.77. The SMILES string of the molecule is CCCCCCN1CCC(C(=O)O)(c2ccccc2)CC1.Cl. The summed E-state index contributed by atoms with van der Waals surface area (Å²) < 4.78 is 0. The van der Waals surface area contributed by atoms with Crippen molar-refractivity contribution in [2.24, 2.45) is 0 Å². The van der Waals surface area contributed by atoms with E-state index in [1.54, 1.807) is 0 Å². The lowest BCUT2D eigenvalue weighted by Gasteiger charge is -2.39. The van der Waals surface area contributed by atoms with Crippen LogP contribution in [0.3, 0.4) is 0 Å². The van der Waals surface area contributed by atoms with E-state index < -0.39 is 11.4 Å². The summed E-state index contributed by atoms with van der Waals surface area (Å²) in [6.45, 7) is 5.13. The fraction of sp³-hybridized carbons (Fsp3) is 0.611. The number of hydrogen-bond acceptors (Lipinski definition) is 2. The van der Waals surface area contributed by atoms with Gasteiger partial charge in [0, 0.05) is 0 Å². The van der Waals surface area contributed by atoms with Gasteiger partial charge in [0.1, 0.15) is 0 Å². The predicted octanol–water partition coefficient (Wildman–Crippen LogP) is 4.11. The molecule has 0 spiro atoms. The summed E-state index contributed by atoms with van der Waals surface area (Å²) in [6, 6.07) is 9.76. The molecule has 0 atom stereocenters. The Labute approximate surface area is 140 Å². The molecular formula is C18H28ClNO2. The fourth-order valence-corrected chi connectivity index (χ4v) is 3.30. The number of carboxylic acid groups (broad SMARTS) is 1. The molecule has 4 heteroatoms. The molecule has 1 aromatic carbocycles. The smallest absolute Gasteiger partial charge is 0.314 e. The minimum Gasteiger partial charge on any atom is -0.481 e. The first-order chi connectivity index (χ1) is 10.2. The van der Waals surface area contributed by atoms with Crippen LogP contribution in [0.2, 0.25) is 0 Å². The van der Waals surface area contributed by atoms with Crippen molar-refractivity contribution in [3.63, 3.8) is 0 Å². The van der Waals surface area contributed by atoms with Crippen LogP contribution in [-0.4, -0.2) is 35.6 Å². The number of rotatable bonds is 7. The van der Waals surface area contributed by atoms with Gasteiger partial charge in [0.25, 0.3) is 0 Å². The standard InChI is InChI=1S/C18H27NO2.ClH/c1-2-3-4-8-13-19-14-11-18(12-15-19,17(20)21)16-9-6-5-7-10-16;/h5-7,9-10H,2-4,8,11-15H2,1H3,(H,20,21);1H. The van der Waals surface area contributed by atoms with Crippen LogP contribution in [-0.2, 0) is 10.2 Å². The maximum atomic E-state index is 11.9. The molecular weight excluding hydrogens is 298 g/mol. The maximum absolute atomic E-state index is 11.9. The maximum Gasteiger partial charge on any atom is 0.314 e. The molecule has 0 aliphatic carbocycles. The van der Waals surface area contributed by atoms with E-state index >= 15 is 0 Å². The van der Waals surface area contributed by atoms with Crippen molar-refractivity contribution < 1.29 is 9.90 Å². The number of aliphatic carboxylic acids is 1. The Morgan fingerprint density at radius 3 is 2.32 bits per heavy atom. The van der Waals surface area contributed by atoms with Gasteiger partial charge in [0.15, 0.2) is 0 Å². The molecule has 2 rings (SSSR count). The number of halogens is 1. The second kappa shape index (κ2) is 9.16. The van der Waals surface area contributed by atoms with Gasteiger partial charge in [-0.05, 0) is 44.5 Å². The zero-order chi connectivity index (χ0) is 15.1. The van der Waals surface area contributed by atoms with Crippen LogP contribution in [0.1, 0.15) is 51.0 Å². The molecule has 0 radical (unpaired) electrons. The minimum atomic E-state index is -0.679. The van der Waals surface area contributed by atoms with Crippen molar-refractivity contribution in [1.82, 2.24) is 4.90 Å². The molecule has 0 unspecified atom stereocenters. The summed E-state index contributed by atoms with van der Waals surface area (Å²) in [5, 5.41) is 9.76. The highest BCUT2D eigenvalue weighted by atomic mass is 35.5. The number of benzene rings is 1. The lowest BCUT2D eigenvalue weighted by atomic mass is 9.73. The van der Waals surface area contributed by atoms with E-state index in [0.717, 1.165) is 38.0 Å². The van der Waals surface area contributed by atoms with Gasteiger partial charge < -0.3 is 10.0 Å². The fourth-order valence-electron chi connectivity index (χ4n) is 3.30. The molecule has 22 heavy (non-hydrogen) atoms. The monoisotopic (exact) mass is 325 g/mol. The van der Waals surface area contributed by atoms with Crippen LogP contribution in [0.15, 0.2) is 30.3 Å². The third kappa shape index (κ3) is 4.47. The first-order valence-corrected chi connectivity index (χ1v) is 8.20. The van der Waals surface area contributed by atoms with Gasteiger partial charge in [0.05, 0.1) is 5.41 Å². The summed E-state index contributed by atoms with van der Waals surface area (Å²) in [4.78, 5) is 14.3. The number of unbranched alkanes of at least 4 members (excludes halogenated alkanes) is 3. The second-order valence-corrected chi connectivity index (χ2v) is 6.16. The van der Waals surface area contributed by atoms with Crippen LogP contribution in [0, 0.1) is 0 Å². The van der Waals surface area contributed by atoms with Gasteiger partial charge in [-0.3, -0.25) is 4.79 Å². The molecule has 0 saturated carbocycles. The van der Waals surface area contributed by atoms with Crippen molar-refractivity contribution in [2.45, 2.75) is 50.9 Å². The summed E-state index contributed by atoms with van der Waals surface area (Å²) in [5.41, 5.74) is 0.282. The van der Waals surface area contributed by atoms with Crippen molar-refractivity contribution in [1.29, 1.82) is 0 Å². The van der Waals surface area contributed by atoms with E-state index in [1.165, 1.54) is 25.7 Å². The molecule has 3 nitrogen and oxygen atoms in total. The Balaban J connectivity index is 0.00000242. The highest BCUT2D eigenvalue weighted by Crippen LogP contribution is 2.35. The van der Waals surface area contributed by atoms with Crippen LogP contribution in [0.5, 0.6) is 0 Å². The zero-order valence-corrected chi connectivity index (χ0v) is 14.3. The lowest BCUT2D eigenvalue weighted by molar-refractivity contribution is -0.146. The third-order valence-electron chi connectivity index (χ3n) is 4.77. The Morgan fingerprint density at radius 1 is 1.14 bits per heavy atom. The van der Waals surface area contributed by atoms with E-state index in [-0.39, 0.29) is 12.4 Å². The van der Waals surface area contributed by atoms with Gasteiger partial charge in [-0.2, -0.15) is 0 Å². The predicted molar refractivity (Wildman–Crippen MR) is 92.8 cm³/mol. The first-order valence-electron chi connectivity index (χ1n) is 8.20. The van der Waals surface area contributed by atoms with Crippen molar-refractivity contribution in [3.05, 3.63) is 35.9 Å². The van der Waals surface area contributed by atoms with Gasteiger partial charge >= 0.3 is 5.97 Å². The molecule has 1 fully saturated rings. The molecule has 0 aromatic heterocycles. The molecule has 0 amide bonds. The van der Waals surface area contributed by atoms with E-state index in [4.69, 9.17) is 0 Å². The normalized spacial score (nSPS) is 17.7. The van der Waals surface area contributed by atoms with Crippen molar-refractivity contribution >= 4 is 18.4 Å². The lowest BCUT2D eigenvalue weighted by Crippen LogP contribution is -2.47. The topological polar surface area (TPSA) is 40.5 Å². The Bertz CT molecular complexity index is 442. The van der Waals surface area contributed by atoms with E-state index in [0.29, 0.717) is 0 Å².